The summed E-state index contributed by atoms with van der Waals surface area (Å²) < 4.78 is 8.90. The summed E-state index contributed by atoms with van der Waals surface area (Å²) >= 11 is 0. The van der Waals surface area contributed by atoms with Crippen LogP contribution in [0.25, 0.3) is 11.0 Å². The first-order chi connectivity index (χ1) is 16.3. The molecule has 176 valence electrons. The molecule has 3 aromatic carbocycles. The number of rotatable bonds is 9. The molecule has 1 aromatic heterocycles. The van der Waals surface area contributed by atoms with E-state index in [1.165, 1.54) is 0 Å². The van der Waals surface area contributed by atoms with Crippen LogP contribution in [-0.2, 0) is 27.2 Å². The van der Waals surface area contributed by atoms with Crippen molar-refractivity contribution in [3.05, 3.63) is 99.5 Å². The fraction of sp³-hybridized carbons (Fsp3) is 0.231. The summed E-state index contributed by atoms with van der Waals surface area (Å²) in [4.78, 5) is 23.0. The van der Waals surface area contributed by atoms with E-state index in [-0.39, 0.29) is 17.9 Å². The van der Waals surface area contributed by atoms with Crippen molar-refractivity contribution in [1.82, 2.24) is 14.5 Å². The number of aliphatic hydroxyl groups excluding tert-OH is 1. The average Bonchev–Trinajstić information content (AvgIpc) is 3.07. The molecule has 0 saturated heterocycles. The van der Waals surface area contributed by atoms with Crippen molar-refractivity contribution in [2.24, 2.45) is 14.1 Å². The molecule has 0 aliphatic rings. The third-order valence-corrected chi connectivity index (χ3v) is 5.87. The first-order valence-electron chi connectivity index (χ1n) is 10.9. The van der Waals surface area contributed by atoms with Gasteiger partial charge in [-0.1, -0.05) is 30.3 Å². The SMILES string of the molecule is Cn1c(=O)n(C)c2cc([C@@H](O)COc3ccc(CNCc4ccc(C(=O)O)cc4)cc3)ccc21. The van der Waals surface area contributed by atoms with Gasteiger partial charge in [-0.3, -0.25) is 9.13 Å². The van der Waals surface area contributed by atoms with E-state index in [9.17, 15) is 14.7 Å². The lowest BCUT2D eigenvalue weighted by Crippen LogP contribution is -2.19. The number of benzene rings is 3. The van der Waals surface area contributed by atoms with Crippen LogP contribution in [0.2, 0.25) is 0 Å². The van der Waals surface area contributed by atoms with Gasteiger partial charge in [0.15, 0.2) is 0 Å². The van der Waals surface area contributed by atoms with Gasteiger partial charge >= 0.3 is 11.7 Å². The third-order valence-electron chi connectivity index (χ3n) is 5.87. The number of nitrogens with zero attached hydrogens (tertiary/aromatic N) is 2. The molecular formula is C26H27N3O5. The van der Waals surface area contributed by atoms with Crippen molar-refractivity contribution in [3.63, 3.8) is 0 Å². The number of imidazole rings is 1. The molecule has 8 heteroatoms. The average molecular weight is 462 g/mol. The predicted molar refractivity (Wildman–Crippen MR) is 129 cm³/mol. The summed E-state index contributed by atoms with van der Waals surface area (Å²) in [6.07, 6.45) is -0.825. The minimum Gasteiger partial charge on any atom is -0.491 e. The van der Waals surface area contributed by atoms with E-state index in [0.717, 1.165) is 22.2 Å². The highest BCUT2D eigenvalue weighted by molar-refractivity contribution is 5.87. The van der Waals surface area contributed by atoms with Crippen LogP contribution in [-0.4, -0.2) is 31.9 Å². The summed E-state index contributed by atoms with van der Waals surface area (Å²) in [6.45, 7) is 1.37. The second-order valence-corrected chi connectivity index (χ2v) is 8.23. The van der Waals surface area contributed by atoms with Crippen LogP contribution >= 0.6 is 0 Å². The summed E-state index contributed by atoms with van der Waals surface area (Å²) in [5, 5.41) is 22.9. The van der Waals surface area contributed by atoms with Crippen molar-refractivity contribution in [1.29, 1.82) is 0 Å². The minimum absolute atomic E-state index is 0.0935. The molecule has 0 unspecified atom stereocenters. The van der Waals surface area contributed by atoms with Gasteiger partial charge in [-0.05, 0) is 53.1 Å². The van der Waals surface area contributed by atoms with E-state index < -0.39 is 12.1 Å². The molecule has 1 atom stereocenters. The van der Waals surface area contributed by atoms with E-state index in [1.807, 2.05) is 36.4 Å². The molecule has 34 heavy (non-hydrogen) atoms. The van der Waals surface area contributed by atoms with Crippen molar-refractivity contribution in [3.8, 4) is 5.75 Å². The molecule has 1 heterocycles. The Morgan fingerprint density at radius 1 is 0.912 bits per heavy atom. The number of aromatic nitrogens is 2. The fourth-order valence-corrected chi connectivity index (χ4v) is 3.82. The quantitative estimate of drug-likeness (QED) is 0.354. The van der Waals surface area contributed by atoms with E-state index >= 15 is 0 Å². The minimum atomic E-state index is -0.932. The number of ether oxygens (including phenoxy) is 1. The van der Waals surface area contributed by atoms with Crippen LogP contribution in [0.15, 0.2) is 71.5 Å². The van der Waals surface area contributed by atoms with E-state index in [4.69, 9.17) is 9.84 Å². The van der Waals surface area contributed by atoms with Gasteiger partial charge in [0.2, 0.25) is 0 Å². The Morgan fingerprint density at radius 3 is 2.12 bits per heavy atom. The maximum atomic E-state index is 12.1. The van der Waals surface area contributed by atoms with Crippen molar-refractivity contribution in [2.75, 3.05) is 6.61 Å². The second-order valence-electron chi connectivity index (χ2n) is 8.23. The van der Waals surface area contributed by atoms with Gasteiger partial charge in [-0.25, -0.2) is 9.59 Å². The van der Waals surface area contributed by atoms with Gasteiger partial charge in [0, 0.05) is 27.2 Å². The van der Waals surface area contributed by atoms with E-state index in [1.54, 1.807) is 53.6 Å². The molecule has 0 radical (unpaired) electrons. The number of aryl methyl sites for hydroxylation is 2. The number of hydrogen-bond donors (Lipinski definition) is 3. The second kappa shape index (κ2) is 9.94. The third kappa shape index (κ3) is 5.03. The Bertz CT molecular complexity index is 1350. The lowest BCUT2D eigenvalue weighted by Gasteiger charge is -2.14. The van der Waals surface area contributed by atoms with Crippen LogP contribution < -0.4 is 15.7 Å². The Morgan fingerprint density at radius 2 is 1.50 bits per heavy atom. The Kier molecular flexibility index (Phi) is 6.81. The number of carboxylic acid groups (broad SMARTS) is 1. The lowest BCUT2D eigenvalue weighted by molar-refractivity contribution is 0.0697. The Labute approximate surface area is 196 Å². The molecule has 0 fully saturated rings. The maximum absolute atomic E-state index is 12.1. The predicted octanol–water partition coefficient (Wildman–Crippen LogP) is 2.98. The van der Waals surface area contributed by atoms with Crippen LogP contribution in [0.4, 0.5) is 0 Å². The molecule has 0 aliphatic heterocycles. The topological polar surface area (TPSA) is 106 Å². The molecule has 4 aromatic rings. The summed E-state index contributed by atoms with van der Waals surface area (Å²) in [7, 11) is 3.43. The monoisotopic (exact) mass is 461 g/mol. The van der Waals surface area contributed by atoms with Crippen molar-refractivity contribution < 1.29 is 19.7 Å². The van der Waals surface area contributed by atoms with Gasteiger partial charge in [-0.2, -0.15) is 0 Å². The van der Waals surface area contributed by atoms with Gasteiger partial charge in [0.05, 0.1) is 16.6 Å². The standard InChI is InChI=1S/C26H27N3O5/c1-28-22-12-9-20(13-23(22)29(2)26(28)33)24(30)16-34-21-10-5-18(6-11-21)15-27-14-17-3-7-19(8-4-17)25(31)32/h3-13,24,27,30H,14-16H2,1-2H3,(H,31,32)/t24-/m0/s1. The first-order valence-corrected chi connectivity index (χ1v) is 10.9. The van der Waals surface area contributed by atoms with Gasteiger partial charge in [0.25, 0.3) is 0 Å². The van der Waals surface area contributed by atoms with Crippen molar-refractivity contribution >= 4 is 17.0 Å². The van der Waals surface area contributed by atoms with E-state index in [2.05, 4.69) is 5.32 Å². The molecule has 0 bridgehead atoms. The lowest BCUT2D eigenvalue weighted by atomic mass is 10.1. The fourth-order valence-electron chi connectivity index (χ4n) is 3.82. The number of hydrogen-bond acceptors (Lipinski definition) is 5. The van der Waals surface area contributed by atoms with Crippen LogP contribution in [0.3, 0.4) is 0 Å². The zero-order valence-corrected chi connectivity index (χ0v) is 19.1. The molecule has 0 amide bonds. The largest absolute Gasteiger partial charge is 0.491 e. The molecule has 0 aliphatic carbocycles. The zero-order valence-electron chi connectivity index (χ0n) is 19.1. The number of carbonyl (C=O) groups is 1. The summed E-state index contributed by atoms with van der Waals surface area (Å²) in [6, 6.07) is 19.9. The van der Waals surface area contributed by atoms with Crippen LogP contribution in [0.1, 0.15) is 33.2 Å². The smallest absolute Gasteiger partial charge is 0.335 e. The first kappa shape index (κ1) is 23.3. The molecule has 4 rings (SSSR count). The summed E-state index contributed by atoms with van der Waals surface area (Å²) in [5.74, 6) is -0.279. The number of fused-ring (bicyclic) bond motifs is 1. The number of aromatic carboxylic acids is 1. The van der Waals surface area contributed by atoms with Crippen molar-refractivity contribution in [2.45, 2.75) is 19.2 Å². The zero-order chi connectivity index (χ0) is 24.2. The summed E-state index contributed by atoms with van der Waals surface area (Å²) in [5.41, 5.74) is 4.51. The normalized spacial score (nSPS) is 12.1. The van der Waals surface area contributed by atoms with Gasteiger partial charge in [-0.15, -0.1) is 0 Å². The van der Waals surface area contributed by atoms with Crippen LogP contribution in [0.5, 0.6) is 5.75 Å². The molecule has 0 spiro atoms. The highest BCUT2D eigenvalue weighted by Crippen LogP contribution is 2.21. The number of nitrogens with one attached hydrogen (secondary N) is 1. The number of aliphatic hydroxyl groups is 1. The maximum Gasteiger partial charge on any atom is 0.335 e. The van der Waals surface area contributed by atoms with Crippen LogP contribution in [0, 0.1) is 0 Å². The highest BCUT2D eigenvalue weighted by Gasteiger charge is 2.13. The van der Waals surface area contributed by atoms with E-state index in [0.29, 0.717) is 24.4 Å². The Hall–Kier alpha value is -3.88. The highest BCUT2D eigenvalue weighted by atomic mass is 16.5. The molecular weight excluding hydrogens is 434 g/mol. The number of carboxylic acids is 1. The Balaban J connectivity index is 1.29. The molecule has 0 saturated carbocycles. The molecule has 3 N–H and O–H groups in total. The van der Waals surface area contributed by atoms with Gasteiger partial charge in [0.1, 0.15) is 18.5 Å². The molecule has 8 nitrogen and oxygen atoms in total. The van der Waals surface area contributed by atoms with Gasteiger partial charge < -0.3 is 20.3 Å².